The molecule has 1 aromatic heterocycles. The van der Waals surface area contributed by atoms with Gasteiger partial charge < -0.3 is 9.47 Å². The first-order valence-electron chi connectivity index (χ1n) is 5.12. The van der Waals surface area contributed by atoms with E-state index in [2.05, 4.69) is 16.5 Å². The highest BCUT2D eigenvalue weighted by atomic mass is 16.1. The van der Waals surface area contributed by atoms with Crippen molar-refractivity contribution in [2.45, 2.75) is 18.9 Å². The van der Waals surface area contributed by atoms with Crippen molar-refractivity contribution in [1.29, 1.82) is 0 Å². The lowest BCUT2D eigenvalue weighted by Crippen LogP contribution is -2.31. The molecule has 0 aliphatic carbocycles. The molecule has 2 heterocycles. The molecule has 0 spiro atoms. The zero-order chi connectivity index (χ0) is 9.97. The highest BCUT2D eigenvalue weighted by Gasteiger charge is 2.18. The lowest BCUT2D eigenvalue weighted by atomic mass is 10.1. The fourth-order valence-corrected chi connectivity index (χ4v) is 2.11. The molecule has 0 N–H and O–H groups in total. The first-order valence-corrected chi connectivity index (χ1v) is 5.12. The summed E-state index contributed by atoms with van der Waals surface area (Å²) in [7, 11) is 2.15. The van der Waals surface area contributed by atoms with Gasteiger partial charge in [0.25, 0.3) is 0 Å². The molecule has 2 rings (SSSR count). The summed E-state index contributed by atoms with van der Waals surface area (Å²) in [5.74, 6) is 0. The van der Waals surface area contributed by atoms with Crippen LogP contribution in [0.4, 0.5) is 0 Å². The Hall–Kier alpha value is -1.09. The van der Waals surface area contributed by atoms with Crippen LogP contribution in [0.25, 0.3) is 0 Å². The Kier molecular flexibility index (Phi) is 2.68. The van der Waals surface area contributed by atoms with Crippen LogP contribution in [0.5, 0.6) is 0 Å². The van der Waals surface area contributed by atoms with Crippen LogP contribution in [0.15, 0.2) is 18.3 Å². The largest absolute Gasteiger partial charge is 0.342 e. The highest BCUT2D eigenvalue weighted by Crippen LogP contribution is 2.22. The molecule has 76 valence electrons. The Morgan fingerprint density at radius 1 is 1.43 bits per heavy atom. The minimum Gasteiger partial charge on any atom is -0.342 e. The van der Waals surface area contributed by atoms with Crippen molar-refractivity contribution in [3.8, 4) is 0 Å². The van der Waals surface area contributed by atoms with E-state index in [0.717, 1.165) is 37.9 Å². The minimum absolute atomic E-state index is 0.515. The van der Waals surface area contributed by atoms with Gasteiger partial charge in [-0.1, -0.05) is 0 Å². The molecule has 1 aliphatic rings. The number of aldehydes is 1. The number of nitrogens with zero attached hydrogens (tertiary/aromatic N) is 2. The van der Waals surface area contributed by atoms with Crippen LogP contribution < -0.4 is 0 Å². The summed E-state index contributed by atoms with van der Waals surface area (Å²) in [5, 5.41) is 0. The van der Waals surface area contributed by atoms with E-state index >= 15 is 0 Å². The average molecular weight is 192 g/mol. The van der Waals surface area contributed by atoms with Crippen LogP contribution in [0.2, 0.25) is 0 Å². The number of likely N-dealkylation sites (tertiary alicyclic amines) is 1. The fraction of sp³-hybridized carbons (Fsp3) is 0.545. The summed E-state index contributed by atoms with van der Waals surface area (Å²) in [4.78, 5) is 13.1. The summed E-state index contributed by atoms with van der Waals surface area (Å²) in [6, 6.07) is 4.34. The Morgan fingerprint density at radius 3 is 2.79 bits per heavy atom. The first-order chi connectivity index (χ1) is 6.81. The highest BCUT2D eigenvalue weighted by molar-refractivity contribution is 5.72. The molecule has 0 radical (unpaired) electrons. The molecule has 0 aromatic carbocycles. The lowest BCUT2D eigenvalue weighted by Gasteiger charge is -2.30. The van der Waals surface area contributed by atoms with Crippen LogP contribution in [-0.2, 0) is 0 Å². The molecular weight excluding hydrogens is 176 g/mol. The van der Waals surface area contributed by atoms with E-state index in [0.29, 0.717) is 6.04 Å². The van der Waals surface area contributed by atoms with Gasteiger partial charge in [0.2, 0.25) is 0 Å². The van der Waals surface area contributed by atoms with Crippen molar-refractivity contribution in [2.75, 3.05) is 20.1 Å². The van der Waals surface area contributed by atoms with Crippen LogP contribution in [0.1, 0.15) is 29.4 Å². The molecule has 3 heteroatoms. The number of hydrogen-bond donors (Lipinski definition) is 0. The first kappa shape index (κ1) is 9.46. The summed E-state index contributed by atoms with van der Waals surface area (Å²) in [5.41, 5.74) is 0.805. The summed E-state index contributed by atoms with van der Waals surface area (Å²) in [6.07, 6.45) is 5.25. The second-order valence-corrected chi connectivity index (χ2v) is 3.99. The number of piperidine rings is 1. The maximum absolute atomic E-state index is 10.8. The summed E-state index contributed by atoms with van der Waals surface area (Å²) in [6.45, 7) is 2.25. The van der Waals surface area contributed by atoms with Gasteiger partial charge in [0, 0.05) is 12.2 Å². The predicted molar refractivity (Wildman–Crippen MR) is 55.6 cm³/mol. The molecule has 0 bridgehead atoms. The van der Waals surface area contributed by atoms with E-state index in [9.17, 15) is 4.79 Å². The molecule has 0 amide bonds. The molecular formula is C11H16N2O. The van der Waals surface area contributed by atoms with Gasteiger partial charge in [-0.3, -0.25) is 4.79 Å². The molecule has 14 heavy (non-hydrogen) atoms. The molecule has 0 atom stereocenters. The van der Waals surface area contributed by atoms with Gasteiger partial charge in [0.15, 0.2) is 6.29 Å². The zero-order valence-corrected chi connectivity index (χ0v) is 8.52. The normalized spacial score (nSPS) is 19.8. The molecule has 1 aliphatic heterocycles. The molecule has 3 nitrogen and oxygen atoms in total. The van der Waals surface area contributed by atoms with Crippen molar-refractivity contribution >= 4 is 6.29 Å². The van der Waals surface area contributed by atoms with Crippen LogP contribution >= 0.6 is 0 Å². The van der Waals surface area contributed by atoms with Gasteiger partial charge in [-0.15, -0.1) is 0 Å². The van der Waals surface area contributed by atoms with Crippen molar-refractivity contribution in [3.63, 3.8) is 0 Å². The maximum atomic E-state index is 10.8. The van der Waals surface area contributed by atoms with E-state index in [-0.39, 0.29) is 0 Å². The minimum atomic E-state index is 0.515. The molecule has 1 saturated heterocycles. The standard InChI is InChI=1S/C11H16N2O/c1-12-7-4-10(5-8-12)13-6-2-3-11(13)9-14/h2-3,6,9-10H,4-5,7-8H2,1H3. The van der Waals surface area contributed by atoms with Gasteiger partial charge in [-0.05, 0) is 45.1 Å². The Balaban J connectivity index is 2.11. The number of carbonyl (C=O) groups excluding carboxylic acids is 1. The average Bonchev–Trinajstić information content (AvgIpc) is 2.67. The number of carbonyl (C=O) groups is 1. The SMILES string of the molecule is CN1CCC(n2cccc2C=O)CC1. The van der Waals surface area contributed by atoms with Crippen LogP contribution in [-0.4, -0.2) is 35.9 Å². The second-order valence-electron chi connectivity index (χ2n) is 3.99. The third kappa shape index (κ3) is 1.73. The Morgan fingerprint density at radius 2 is 2.14 bits per heavy atom. The topological polar surface area (TPSA) is 25.2 Å². The second kappa shape index (κ2) is 3.96. The summed E-state index contributed by atoms with van der Waals surface area (Å²) < 4.78 is 2.11. The van der Waals surface area contributed by atoms with Gasteiger partial charge in [-0.25, -0.2) is 0 Å². The maximum Gasteiger partial charge on any atom is 0.166 e. The van der Waals surface area contributed by atoms with Crippen molar-refractivity contribution < 1.29 is 4.79 Å². The van der Waals surface area contributed by atoms with E-state index in [1.54, 1.807) is 0 Å². The van der Waals surface area contributed by atoms with Gasteiger partial charge in [0.1, 0.15) is 0 Å². The molecule has 0 saturated carbocycles. The molecule has 0 unspecified atom stereocenters. The van der Waals surface area contributed by atoms with Crippen LogP contribution in [0, 0.1) is 0 Å². The van der Waals surface area contributed by atoms with E-state index < -0.39 is 0 Å². The number of hydrogen-bond acceptors (Lipinski definition) is 2. The van der Waals surface area contributed by atoms with Gasteiger partial charge >= 0.3 is 0 Å². The fourth-order valence-electron chi connectivity index (χ4n) is 2.11. The number of rotatable bonds is 2. The predicted octanol–water partition coefficient (Wildman–Crippen LogP) is 1.57. The zero-order valence-electron chi connectivity index (χ0n) is 8.52. The van der Waals surface area contributed by atoms with Crippen molar-refractivity contribution in [1.82, 2.24) is 9.47 Å². The van der Waals surface area contributed by atoms with Gasteiger partial charge in [0.05, 0.1) is 5.69 Å². The molecule has 1 aromatic rings. The summed E-state index contributed by atoms with van der Waals surface area (Å²) >= 11 is 0. The third-order valence-corrected chi connectivity index (χ3v) is 3.01. The smallest absolute Gasteiger partial charge is 0.166 e. The quantitative estimate of drug-likeness (QED) is 0.664. The van der Waals surface area contributed by atoms with Gasteiger partial charge in [-0.2, -0.15) is 0 Å². The number of aromatic nitrogens is 1. The third-order valence-electron chi connectivity index (χ3n) is 3.01. The monoisotopic (exact) mass is 192 g/mol. The Bertz CT molecular complexity index is 311. The van der Waals surface area contributed by atoms with E-state index in [1.807, 2.05) is 18.3 Å². The lowest BCUT2D eigenvalue weighted by molar-refractivity contribution is 0.111. The van der Waals surface area contributed by atoms with Crippen molar-refractivity contribution in [3.05, 3.63) is 24.0 Å². The van der Waals surface area contributed by atoms with Crippen LogP contribution in [0.3, 0.4) is 0 Å². The molecule has 1 fully saturated rings. The van der Waals surface area contributed by atoms with E-state index in [4.69, 9.17) is 0 Å². The Labute approximate surface area is 84.3 Å². The van der Waals surface area contributed by atoms with Crippen molar-refractivity contribution in [2.24, 2.45) is 0 Å². The van der Waals surface area contributed by atoms with E-state index in [1.165, 1.54) is 0 Å².